The van der Waals surface area contributed by atoms with E-state index in [1.165, 1.54) is 6.07 Å². The third kappa shape index (κ3) is 5.20. The molecule has 156 valence electrons. The molecular weight excluding hydrogens is 385 g/mol. The zero-order valence-electron chi connectivity index (χ0n) is 16.3. The lowest BCUT2D eigenvalue weighted by atomic mass is 10.1. The minimum Gasteiger partial charge on any atom is -0.496 e. The second-order valence-electron chi connectivity index (χ2n) is 6.86. The van der Waals surface area contributed by atoms with E-state index in [1.807, 2.05) is 17.9 Å². The van der Waals surface area contributed by atoms with E-state index in [4.69, 9.17) is 9.47 Å². The number of hydrogen-bond donors (Lipinski definition) is 1. The first kappa shape index (κ1) is 21.0. The highest BCUT2D eigenvalue weighted by Gasteiger charge is 2.32. The SMILES string of the molecule is COc1cc(CC(=O)Nc2cc(C(F)(F)F)ccc2N2CCOCC2)ccc1C. The topological polar surface area (TPSA) is 50.8 Å². The van der Waals surface area contributed by atoms with E-state index < -0.39 is 17.6 Å². The van der Waals surface area contributed by atoms with E-state index in [1.54, 1.807) is 19.2 Å². The molecule has 5 nitrogen and oxygen atoms in total. The lowest BCUT2D eigenvalue weighted by molar-refractivity contribution is -0.137. The third-order valence-corrected chi connectivity index (χ3v) is 4.79. The van der Waals surface area contributed by atoms with Gasteiger partial charge in [-0.05, 0) is 42.3 Å². The molecule has 0 aliphatic carbocycles. The summed E-state index contributed by atoms with van der Waals surface area (Å²) in [5.41, 5.74) is 1.54. The van der Waals surface area contributed by atoms with Crippen LogP contribution in [0.4, 0.5) is 24.5 Å². The Hall–Kier alpha value is -2.74. The molecule has 1 N–H and O–H groups in total. The number of nitrogens with one attached hydrogen (secondary N) is 1. The Kier molecular flexibility index (Phi) is 6.32. The zero-order chi connectivity index (χ0) is 21.0. The van der Waals surface area contributed by atoms with Crippen molar-refractivity contribution in [1.82, 2.24) is 0 Å². The summed E-state index contributed by atoms with van der Waals surface area (Å²) in [6.07, 6.45) is -4.47. The van der Waals surface area contributed by atoms with Crippen molar-refractivity contribution >= 4 is 17.3 Å². The molecule has 1 heterocycles. The van der Waals surface area contributed by atoms with E-state index in [9.17, 15) is 18.0 Å². The average Bonchev–Trinajstić information content (AvgIpc) is 2.69. The molecule has 3 rings (SSSR count). The normalized spacial score (nSPS) is 14.6. The van der Waals surface area contributed by atoms with Gasteiger partial charge in [0.1, 0.15) is 5.75 Å². The van der Waals surface area contributed by atoms with E-state index in [0.717, 1.165) is 17.7 Å². The number of hydrogen-bond acceptors (Lipinski definition) is 4. The molecule has 1 amide bonds. The van der Waals surface area contributed by atoms with Gasteiger partial charge in [-0.2, -0.15) is 13.2 Å². The summed E-state index contributed by atoms with van der Waals surface area (Å²) in [6.45, 7) is 3.95. The number of alkyl halides is 3. The molecule has 0 atom stereocenters. The molecule has 0 bridgehead atoms. The molecule has 0 radical (unpaired) electrons. The van der Waals surface area contributed by atoms with E-state index in [0.29, 0.717) is 43.3 Å². The number of methoxy groups -OCH3 is 1. The zero-order valence-corrected chi connectivity index (χ0v) is 16.3. The maximum Gasteiger partial charge on any atom is 0.416 e. The van der Waals surface area contributed by atoms with Crippen LogP contribution in [0, 0.1) is 6.92 Å². The van der Waals surface area contributed by atoms with Gasteiger partial charge in [0.15, 0.2) is 0 Å². The van der Waals surface area contributed by atoms with Crippen LogP contribution in [0.1, 0.15) is 16.7 Å². The summed E-state index contributed by atoms with van der Waals surface area (Å²) in [5.74, 6) is 0.258. The van der Waals surface area contributed by atoms with Gasteiger partial charge in [-0.15, -0.1) is 0 Å². The maximum atomic E-state index is 13.2. The summed E-state index contributed by atoms with van der Waals surface area (Å²) in [5, 5.41) is 2.66. The highest BCUT2D eigenvalue weighted by Crippen LogP contribution is 2.36. The molecule has 1 saturated heterocycles. The number of carbonyl (C=O) groups is 1. The van der Waals surface area contributed by atoms with Gasteiger partial charge in [0.2, 0.25) is 5.91 Å². The monoisotopic (exact) mass is 408 g/mol. The van der Waals surface area contributed by atoms with Crippen LogP contribution in [0.3, 0.4) is 0 Å². The molecule has 1 fully saturated rings. The second-order valence-corrected chi connectivity index (χ2v) is 6.86. The predicted molar refractivity (Wildman–Crippen MR) is 105 cm³/mol. The van der Waals surface area contributed by atoms with Crippen molar-refractivity contribution in [3.8, 4) is 5.75 Å². The highest BCUT2D eigenvalue weighted by molar-refractivity contribution is 5.95. The van der Waals surface area contributed by atoms with E-state index in [-0.39, 0.29) is 12.1 Å². The molecule has 2 aromatic rings. The van der Waals surface area contributed by atoms with Crippen LogP contribution in [0.5, 0.6) is 5.75 Å². The molecule has 0 aromatic heterocycles. The number of benzene rings is 2. The first-order valence-corrected chi connectivity index (χ1v) is 9.25. The number of carbonyl (C=O) groups excluding carboxylic acids is 1. The fourth-order valence-corrected chi connectivity index (χ4v) is 3.25. The standard InChI is InChI=1S/C21H23F3N2O3/c1-14-3-4-15(11-19(14)28-2)12-20(27)25-17-13-16(21(22,23)24)5-6-18(17)26-7-9-29-10-8-26/h3-6,11,13H,7-10,12H2,1-2H3,(H,25,27). The van der Waals surface area contributed by atoms with E-state index >= 15 is 0 Å². The van der Waals surface area contributed by atoms with Gasteiger partial charge in [0.25, 0.3) is 0 Å². The van der Waals surface area contributed by atoms with Crippen molar-refractivity contribution in [2.75, 3.05) is 43.6 Å². The second kappa shape index (κ2) is 8.73. The Labute approximate surface area is 167 Å². The van der Waals surface area contributed by atoms with Crippen molar-refractivity contribution in [2.24, 2.45) is 0 Å². The molecule has 2 aromatic carbocycles. The Balaban J connectivity index is 1.84. The molecule has 0 saturated carbocycles. The van der Waals surface area contributed by atoms with Gasteiger partial charge in [-0.3, -0.25) is 4.79 Å². The third-order valence-electron chi connectivity index (χ3n) is 4.79. The fraction of sp³-hybridized carbons (Fsp3) is 0.381. The number of halogens is 3. The van der Waals surface area contributed by atoms with Crippen molar-refractivity contribution in [3.63, 3.8) is 0 Å². The summed E-state index contributed by atoms with van der Waals surface area (Å²) in [4.78, 5) is 14.5. The Bertz CT molecular complexity index is 878. The smallest absolute Gasteiger partial charge is 0.416 e. The molecule has 0 spiro atoms. The molecular formula is C21H23F3N2O3. The predicted octanol–water partition coefficient (Wildman–Crippen LogP) is 4.04. The number of amides is 1. The van der Waals surface area contributed by atoms with Gasteiger partial charge >= 0.3 is 6.18 Å². The van der Waals surface area contributed by atoms with Gasteiger partial charge in [0, 0.05) is 13.1 Å². The highest BCUT2D eigenvalue weighted by atomic mass is 19.4. The number of rotatable bonds is 5. The van der Waals surface area contributed by atoms with Gasteiger partial charge in [-0.25, -0.2) is 0 Å². The van der Waals surface area contributed by atoms with Gasteiger partial charge < -0.3 is 19.7 Å². The van der Waals surface area contributed by atoms with Crippen LogP contribution in [0.2, 0.25) is 0 Å². The largest absolute Gasteiger partial charge is 0.496 e. The van der Waals surface area contributed by atoms with Crippen molar-refractivity contribution in [1.29, 1.82) is 0 Å². The van der Waals surface area contributed by atoms with Crippen LogP contribution < -0.4 is 15.0 Å². The fourth-order valence-electron chi connectivity index (χ4n) is 3.25. The lowest BCUT2D eigenvalue weighted by Gasteiger charge is -2.31. The molecule has 1 aliphatic rings. The minimum absolute atomic E-state index is 0.0233. The van der Waals surface area contributed by atoms with Crippen LogP contribution in [-0.2, 0) is 22.1 Å². The quantitative estimate of drug-likeness (QED) is 0.811. The van der Waals surface area contributed by atoms with Crippen LogP contribution in [-0.4, -0.2) is 39.3 Å². The molecule has 29 heavy (non-hydrogen) atoms. The number of nitrogens with zero attached hydrogens (tertiary/aromatic N) is 1. The first-order valence-electron chi connectivity index (χ1n) is 9.25. The summed E-state index contributed by atoms with van der Waals surface area (Å²) in [7, 11) is 1.55. The van der Waals surface area contributed by atoms with Gasteiger partial charge in [-0.1, -0.05) is 12.1 Å². The number of aryl methyl sites for hydroxylation is 1. The summed E-state index contributed by atoms with van der Waals surface area (Å²) >= 11 is 0. The molecule has 1 aliphatic heterocycles. The number of ether oxygens (including phenoxy) is 2. The average molecular weight is 408 g/mol. The first-order chi connectivity index (χ1) is 13.8. The number of morpholine rings is 1. The maximum absolute atomic E-state index is 13.2. The molecule has 0 unspecified atom stereocenters. The van der Waals surface area contributed by atoms with E-state index in [2.05, 4.69) is 5.32 Å². The Morgan fingerprint density at radius 1 is 1.17 bits per heavy atom. The Morgan fingerprint density at radius 3 is 2.55 bits per heavy atom. The van der Waals surface area contributed by atoms with Crippen molar-refractivity contribution < 1.29 is 27.4 Å². The van der Waals surface area contributed by atoms with Gasteiger partial charge in [0.05, 0.1) is 43.7 Å². The minimum atomic E-state index is -4.49. The van der Waals surface area contributed by atoms with Crippen molar-refractivity contribution in [2.45, 2.75) is 19.5 Å². The molecule has 8 heteroatoms. The number of anilines is 2. The van der Waals surface area contributed by atoms with Crippen LogP contribution in [0.15, 0.2) is 36.4 Å². The Morgan fingerprint density at radius 2 is 1.90 bits per heavy atom. The van der Waals surface area contributed by atoms with Crippen LogP contribution >= 0.6 is 0 Å². The summed E-state index contributed by atoms with van der Waals surface area (Å²) < 4.78 is 50.1. The lowest BCUT2D eigenvalue weighted by Crippen LogP contribution is -2.37. The summed E-state index contributed by atoms with van der Waals surface area (Å²) in [6, 6.07) is 8.81. The van der Waals surface area contributed by atoms with Crippen LogP contribution in [0.25, 0.3) is 0 Å². The van der Waals surface area contributed by atoms with Crippen molar-refractivity contribution in [3.05, 3.63) is 53.1 Å².